The monoisotopic (exact) mass is 466 g/mol. The second-order valence-corrected chi connectivity index (χ2v) is 7.78. The number of aliphatic hydroxyl groups excluding tert-OH is 1. The van der Waals surface area contributed by atoms with Crippen molar-refractivity contribution < 1.29 is 19.4 Å². The smallest absolute Gasteiger partial charge is 0.331 e. The van der Waals surface area contributed by atoms with E-state index in [-0.39, 0.29) is 19.7 Å². The first-order valence-corrected chi connectivity index (χ1v) is 10.7. The SMILES string of the molecule is O=C1NC(Nc2ccc(Oc3ccccc3)cc2)N(Cc2ccc(Cl)cc2)C(=O)N1CCO. The minimum atomic E-state index is -0.795. The molecule has 1 unspecified atom stereocenters. The molecule has 3 aromatic carbocycles. The predicted molar refractivity (Wildman–Crippen MR) is 125 cm³/mol. The number of urea groups is 2. The fourth-order valence-corrected chi connectivity index (χ4v) is 3.51. The summed E-state index contributed by atoms with van der Waals surface area (Å²) in [6, 6.07) is 22.6. The van der Waals surface area contributed by atoms with Gasteiger partial charge in [-0.3, -0.25) is 10.2 Å². The Labute approximate surface area is 196 Å². The van der Waals surface area contributed by atoms with E-state index in [0.29, 0.717) is 16.5 Å². The number of aliphatic hydroxyl groups is 1. The van der Waals surface area contributed by atoms with Gasteiger partial charge in [-0.15, -0.1) is 0 Å². The molecule has 0 spiro atoms. The van der Waals surface area contributed by atoms with Crippen molar-refractivity contribution in [3.05, 3.63) is 89.4 Å². The lowest BCUT2D eigenvalue weighted by Crippen LogP contribution is -2.67. The lowest BCUT2D eigenvalue weighted by atomic mass is 10.2. The van der Waals surface area contributed by atoms with E-state index in [9.17, 15) is 14.7 Å². The average Bonchev–Trinajstić information content (AvgIpc) is 2.82. The molecular formula is C24H23ClN4O4. The number of hydrogen-bond donors (Lipinski definition) is 3. The van der Waals surface area contributed by atoms with Gasteiger partial charge in [-0.2, -0.15) is 0 Å². The highest BCUT2D eigenvalue weighted by molar-refractivity contribution is 6.30. The van der Waals surface area contributed by atoms with E-state index in [2.05, 4.69) is 10.6 Å². The molecule has 170 valence electrons. The molecule has 33 heavy (non-hydrogen) atoms. The van der Waals surface area contributed by atoms with Crippen LogP contribution in [-0.4, -0.2) is 46.4 Å². The van der Waals surface area contributed by atoms with Crippen LogP contribution in [0.4, 0.5) is 15.3 Å². The van der Waals surface area contributed by atoms with E-state index in [1.54, 1.807) is 36.4 Å². The number of ether oxygens (including phenoxy) is 1. The van der Waals surface area contributed by atoms with Gasteiger partial charge < -0.3 is 15.2 Å². The summed E-state index contributed by atoms with van der Waals surface area (Å²) in [5, 5.41) is 15.8. The number of para-hydroxylation sites is 1. The van der Waals surface area contributed by atoms with E-state index in [0.717, 1.165) is 16.2 Å². The van der Waals surface area contributed by atoms with Gasteiger partial charge in [0.1, 0.15) is 11.5 Å². The number of halogens is 1. The molecule has 4 rings (SSSR count). The van der Waals surface area contributed by atoms with Gasteiger partial charge in [-0.1, -0.05) is 41.9 Å². The van der Waals surface area contributed by atoms with E-state index >= 15 is 0 Å². The third kappa shape index (κ3) is 5.54. The Kier molecular flexibility index (Phi) is 6.97. The Morgan fingerprint density at radius 3 is 2.27 bits per heavy atom. The standard InChI is InChI=1S/C24H23ClN4O4/c25-18-8-6-17(7-9-18)16-29-22(27-23(31)28(14-15-30)24(29)32)26-19-10-12-21(13-11-19)33-20-4-2-1-3-5-20/h1-13,22,26,30H,14-16H2,(H,27,31). The van der Waals surface area contributed by atoms with E-state index < -0.39 is 18.4 Å². The minimum absolute atomic E-state index is 0.0972. The minimum Gasteiger partial charge on any atom is -0.457 e. The van der Waals surface area contributed by atoms with Crippen LogP contribution >= 0.6 is 11.6 Å². The summed E-state index contributed by atoms with van der Waals surface area (Å²) in [6.45, 7) is -0.194. The van der Waals surface area contributed by atoms with Crippen LogP contribution in [0.5, 0.6) is 11.5 Å². The average molecular weight is 467 g/mol. The first-order chi connectivity index (χ1) is 16.0. The zero-order valence-corrected chi connectivity index (χ0v) is 18.4. The van der Waals surface area contributed by atoms with Gasteiger partial charge in [0.25, 0.3) is 0 Å². The molecule has 3 N–H and O–H groups in total. The summed E-state index contributed by atoms with van der Waals surface area (Å²) >= 11 is 5.97. The highest BCUT2D eigenvalue weighted by Crippen LogP contribution is 2.24. The molecule has 0 aromatic heterocycles. The fourth-order valence-electron chi connectivity index (χ4n) is 3.38. The van der Waals surface area contributed by atoms with Crippen LogP contribution in [0, 0.1) is 0 Å². The van der Waals surface area contributed by atoms with Crippen LogP contribution in [0.3, 0.4) is 0 Å². The number of nitrogens with one attached hydrogen (secondary N) is 2. The molecule has 9 heteroatoms. The molecule has 1 saturated heterocycles. The second-order valence-electron chi connectivity index (χ2n) is 7.35. The zero-order chi connectivity index (χ0) is 23.2. The van der Waals surface area contributed by atoms with E-state index in [1.807, 2.05) is 42.5 Å². The third-order valence-corrected chi connectivity index (χ3v) is 5.27. The quantitative estimate of drug-likeness (QED) is 0.455. The summed E-state index contributed by atoms with van der Waals surface area (Å²) in [6.07, 6.45) is -0.795. The normalized spacial score (nSPS) is 15.9. The number of carbonyl (C=O) groups excluding carboxylic acids is 2. The van der Waals surface area contributed by atoms with Crippen LogP contribution in [-0.2, 0) is 6.54 Å². The van der Waals surface area contributed by atoms with Gasteiger partial charge in [0, 0.05) is 10.7 Å². The number of amides is 4. The summed E-state index contributed by atoms with van der Waals surface area (Å²) in [7, 11) is 0. The van der Waals surface area contributed by atoms with Crippen molar-refractivity contribution in [3.8, 4) is 11.5 Å². The Balaban J connectivity index is 1.51. The summed E-state index contributed by atoms with van der Waals surface area (Å²) < 4.78 is 5.80. The van der Waals surface area contributed by atoms with Gasteiger partial charge in [-0.05, 0) is 54.1 Å². The number of anilines is 1. The Morgan fingerprint density at radius 2 is 1.61 bits per heavy atom. The molecule has 3 aromatic rings. The molecule has 0 saturated carbocycles. The molecule has 1 heterocycles. The molecule has 8 nitrogen and oxygen atoms in total. The van der Waals surface area contributed by atoms with Gasteiger partial charge in [0.2, 0.25) is 0 Å². The number of β-amino-alcohol motifs (C(OH)–C–C–N with tert-alkyl or cyclic N) is 1. The van der Waals surface area contributed by atoms with Crippen molar-refractivity contribution in [1.29, 1.82) is 0 Å². The van der Waals surface area contributed by atoms with Gasteiger partial charge >= 0.3 is 12.1 Å². The first-order valence-electron chi connectivity index (χ1n) is 10.4. The number of carbonyl (C=O) groups is 2. The number of nitrogens with zero attached hydrogens (tertiary/aromatic N) is 2. The predicted octanol–water partition coefficient (Wildman–Crippen LogP) is 4.47. The van der Waals surface area contributed by atoms with Crippen LogP contribution < -0.4 is 15.4 Å². The van der Waals surface area contributed by atoms with Crippen molar-refractivity contribution in [3.63, 3.8) is 0 Å². The van der Waals surface area contributed by atoms with Crippen LogP contribution in [0.15, 0.2) is 78.9 Å². The molecule has 0 bridgehead atoms. The lowest BCUT2D eigenvalue weighted by molar-refractivity contribution is 0.0992. The molecule has 0 radical (unpaired) electrons. The first kappa shape index (κ1) is 22.4. The Morgan fingerprint density at radius 1 is 0.939 bits per heavy atom. The van der Waals surface area contributed by atoms with Crippen LogP contribution in [0.2, 0.25) is 5.02 Å². The number of rotatable bonds is 8. The lowest BCUT2D eigenvalue weighted by Gasteiger charge is -2.41. The maximum Gasteiger partial charge on any atom is 0.331 e. The van der Waals surface area contributed by atoms with Gasteiger partial charge in [-0.25, -0.2) is 14.5 Å². The number of hydrogen-bond acceptors (Lipinski definition) is 5. The summed E-state index contributed by atoms with van der Waals surface area (Å²) in [4.78, 5) is 28.0. The molecule has 0 aliphatic carbocycles. The maximum atomic E-state index is 13.0. The van der Waals surface area contributed by atoms with Crippen molar-refractivity contribution in [2.45, 2.75) is 12.8 Å². The van der Waals surface area contributed by atoms with Crippen molar-refractivity contribution >= 4 is 29.4 Å². The van der Waals surface area contributed by atoms with Crippen molar-refractivity contribution in [1.82, 2.24) is 15.1 Å². The van der Waals surface area contributed by atoms with E-state index in [1.165, 1.54) is 4.90 Å². The largest absolute Gasteiger partial charge is 0.457 e. The third-order valence-electron chi connectivity index (χ3n) is 5.02. The highest BCUT2D eigenvalue weighted by atomic mass is 35.5. The van der Waals surface area contributed by atoms with E-state index in [4.69, 9.17) is 16.3 Å². The fraction of sp³-hybridized carbons (Fsp3) is 0.167. The van der Waals surface area contributed by atoms with Crippen molar-refractivity contribution in [2.24, 2.45) is 0 Å². The molecule has 1 aliphatic rings. The highest BCUT2D eigenvalue weighted by Gasteiger charge is 2.38. The topological polar surface area (TPSA) is 94.1 Å². The molecular weight excluding hydrogens is 444 g/mol. The summed E-state index contributed by atoms with van der Waals surface area (Å²) in [5.74, 6) is 1.38. The zero-order valence-electron chi connectivity index (χ0n) is 17.6. The van der Waals surface area contributed by atoms with Gasteiger partial charge in [0.15, 0.2) is 6.29 Å². The van der Waals surface area contributed by atoms with Crippen LogP contribution in [0.25, 0.3) is 0 Å². The number of benzene rings is 3. The second kappa shape index (κ2) is 10.2. The van der Waals surface area contributed by atoms with Crippen LogP contribution in [0.1, 0.15) is 5.56 Å². The molecule has 1 aliphatic heterocycles. The van der Waals surface area contributed by atoms with Crippen molar-refractivity contribution in [2.75, 3.05) is 18.5 Å². The number of imide groups is 1. The molecule has 1 atom stereocenters. The Bertz CT molecular complexity index is 1090. The molecule has 1 fully saturated rings. The Hall–Kier alpha value is -3.75. The maximum absolute atomic E-state index is 13.0. The summed E-state index contributed by atoms with van der Waals surface area (Å²) in [5.41, 5.74) is 1.52. The molecule has 4 amide bonds. The van der Waals surface area contributed by atoms with Gasteiger partial charge in [0.05, 0.1) is 19.7 Å².